The summed E-state index contributed by atoms with van der Waals surface area (Å²) in [6.07, 6.45) is 0. The number of rotatable bonds is 2. The average Bonchev–Trinajstić information content (AvgIpc) is 1.69. The van der Waals surface area contributed by atoms with Crippen molar-refractivity contribution >= 4 is 11.8 Å². The quantitative estimate of drug-likeness (QED) is 0.389. The molecule has 0 saturated carbocycles. The van der Waals surface area contributed by atoms with E-state index in [0.717, 1.165) is 5.75 Å². The smallest absolute Gasteiger partial charge is 0.0885 e. The standard InChI is InChI=1S/C6H9S/c1-3-5-6-7-4-2/h6H,4H2,1-2H3. The third-order valence-corrected chi connectivity index (χ3v) is 1.07. The predicted octanol–water partition coefficient (Wildman–Crippen LogP) is 1.92. The Hall–Kier alpha value is -0.0900. The van der Waals surface area contributed by atoms with Crippen LogP contribution in [0, 0.1) is 17.6 Å². The molecule has 0 aromatic heterocycles. The van der Waals surface area contributed by atoms with Gasteiger partial charge in [0.2, 0.25) is 0 Å². The van der Waals surface area contributed by atoms with E-state index in [-0.39, 0.29) is 0 Å². The predicted molar refractivity (Wildman–Crippen MR) is 35.9 cm³/mol. The number of hydrogen-bond acceptors (Lipinski definition) is 1. The summed E-state index contributed by atoms with van der Waals surface area (Å²) in [6.45, 7) is 3.95. The minimum atomic E-state index is 1.12. The van der Waals surface area contributed by atoms with Crippen molar-refractivity contribution in [3.63, 3.8) is 0 Å². The van der Waals surface area contributed by atoms with Gasteiger partial charge in [0.25, 0.3) is 0 Å². The van der Waals surface area contributed by atoms with Gasteiger partial charge in [-0.2, -0.15) is 0 Å². The van der Waals surface area contributed by atoms with Crippen molar-refractivity contribution in [2.24, 2.45) is 0 Å². The highest BCUT2D eigenvalue weighted by Gasteiger charge is 1.73. The molecule has 0 aliphatic heterocycles. The maximum absolute atomic E-state index is 2.84. The second kappa shape index (κ2) is 5.91. The van der Waals surface area contributed by atoms with E-state index >= 15 is 0 Å². The second-order valence-corrected chi connectivity index (χ2v) is 2.11. The van der Waals surface area contributed by atoms with E-state index in [9.17, 15) is 0 Å². The lowest BCUT2D eigenvalue weighted by Crippen LogP contribution is -1.61. The van der Waals surface area contributed by atoms with Crippen LogP contribution in [0.1, 0.15) is 13.8 Å². The van der Waals surface area contributed by atoms with E-state index in [4.69, 9.17) is 0 Å². The fourth-order valence-corrected chi connectivity index (χ4v) is 0.552. The van der Waals surface area contributed by atoms with Crippen LogP contribution in [0.3, 0.4) is 0 Å². The molecule has 0 saturated heterocycles. The molecule has 0 aliphatic carbocycles. The zero-order valence-electron chi connectivity index (χ0n) is 4.69. The summed E-state index contributed by atoms with van der Waals surface area (Å²) in [6, 6.07) is 0. The third kappa shape index (κ3) is 5.91. The van der Waals surface area contributed by atoms with Crippen LogP contribution in [0.25, 0.3) is 0 Å². The van der Waals surface area contributed by atoms with E-state index in [1.807, 2.05) is 12.7 Å². The van der Waals surface area contributed by atoms with E-state index < -0.39 is 0 Å². The molecule has 0 N–H and O–H groups in total. The van der Waals surface area contributed by atoms with Gasteiger partial charge in [-0.1, -0.05) is 12.8 Å². The van der Waals surface area contributed by atoms with Gasteiger partial charge in [-0.05, 0) is 12.7 Å². The largest absolute Gasteiger partial charge is 0.144 e. The van der Waals surface area contributed by atoms with Gasteiger partial charge in [0.05, 0.1) is 5.75 Å². The van der Waals surface area contributed by atoms with Gasteiger partial charge in [0.15, 0.2) is 0 Å². The molecule has 1 radical (unpaired) electrons. The highest BCUT2D eigenvalue weighted by Crippen LogP contribution is 2.00. The molecule has 0 aromatic rings. The lowest BCUT2D eigenvalue weighted by Gasteiger charge is -1.80. The van der Waals surface area contributed by atoms with Gasteiger partial charge in [-0.25, -0.2) is 0 Å². The summed E-state index contributed by atoms with van der Waals surface area (Å²) in [5.41, 5.74) is 0. The van der Waals surface area contributed by atoms with Crippen molar-refractivity contribution in [1.29, 1.82) is 0 Å². The lowest BCUT2D eigenvalue weighted by molar-refractivity contribution is 1.53. The molecule has 7 heavy (non-hydrogen) atoms. The number of thioether (sulfide) groups is 1. The molecule has 0 spiro atoms. The molecule has 0 aromatic carbocycles. The molecule has 0 nitrogen and oxygen atoms in total. The molecule has 0 bridgehead atoms. The van der Waals surface area contributed by atoms with Gasteiger partial charge in [0.1, 0.15) is 0 Å². The van der Waals surface area contributed by atoms with Crippen LogP contribution < -0.4 is 0 Å². The van der Waals surface area contributed by atoms with Crippen molar-refractivity contribution < 1.29 is 0 Å². The normalized spacial score (nSPS) is 7.14. The van der Waals surface area contributed by atoms with Gasteiger partial charge >= 0.3 is 0 Å². The molecule has 1 heteroatoms. The Kier molecular flexibility index (Phi) is 5.83. The Labute approximate surface area is 49.7 Å². The van der Waals surface area contributed by atoms with Crippen molar-refractivity contribution in [3.05, 3.63) is 5.75 Å². The van der Waals surface area contributed by atoms with E-state index in [0.29, 0.717) is 0 Å². The summed E-state index contributed by atoms with van der Waals surface area (Å²) in [5, 5.41) is 0. The Morgan fingerprint density at radius 1 is 1.71 bits per heavy atom. The molecule has 0 atom stereocenters. The summed E-state index contributed by atoms with van der Waals surface area (Å²) in [7, 11) is 0. The van der Waals surface area contributed by atoms with Crippen molar-refractivity contribution in [1.82, 2.24) is 0 Å². The maximum atomic E-state index is 2.84. The van der Waals surface area contributed by atoms with E-state index in [1.54, 1.807) is 11.8 Å². The highest BCUT2D eigenvalue weighted by molar-refractivity contribution is 8.01. The van der Waals surface area contributed by atoms with Crippen LogP contribution >= 0.6 is 11.8 Å². The Balaban J connectivity index is 2.78. The maximum Gasteiger partial charge on any atom is 0.0885 e. The molecule has 39 valence electrons. The Bertz CT molecular complexity index is 75.9. The lowest BCUT2D eigenvalue weighted by atomic mass is 10.7. The zero-order valence-corrected chi connectivity index (χ0v) is 5.51. The molecule has 0 amide bonds. The summed E-state index contributed by atoms with van der Waals surface area (Å²) in [5.74, 6) is 8.65. The first-order chi connectivity index (χ1) is 3.41. The Morgan fingerprint density at radius 3 is 2.86 bits per heavy atom. The minimum Gasteiger partial charge on any atom is -0.144 e. The molecule has 0 rings (SSSR count). The van der Waals surface area contributed by atoms with E-state index in [1.165, 1.54) is 0 Å². The van der Waals surface area contributed by atoms with Gasteiger partial charge in [-0.3, -0.25) is 0 Å². The van der Waals surface area contributed by atoms with Gasteiger partial charge in [0, 0.05) is 0 Å². The monoisotopic (exact) mass is 113 g/mol. The minimum absolute atomic E-state index is 1.12. The molecule has 0 unspecified atom stereocenters. The molecule has 0 heterocycles. The number of hydrogen-bond donors (Lipinski definition) is 0. The topological polar surface area (TPSA) is 0 Å². The van der Waals surface area contributed by atoms with Gasteiger partial charge in [-0.15, -0.1) is 17.7 Å². The molecular formula is C6H9S. The van der Waals surface area contributed by atoms with Crippen LogP contribution in [0.5, 0.6) is 0 Å². The first kappa shape index (κ1) is 6.91. The van der Waals surface area contributed by atoms with Gasteiger partial charge < -0.3 is 0 Å². The fraction of sp³-hybridized carbons (Fsp3) is 0.500. The van der Waals surface area contributed by atoms with Crippen LogP contribution in [0.4, 0.5) is 0 Å². The molecular weight excluding hydrogens is 104 g/mol. The average molecular weight is 113 g/mol. The second-order valence-electron chi connectivity index (χ2n) is 0.968. The van der Waals surface area contributed by atoms with Crippen LogP contribution in [0.15, 0.2) is 0 Å². The van der Waals surface area contributed by atoms with Crippen LogP contribution in [0.2, 0.25) is 0 Å². The summed E-state index contributed by atoms with van der Waals surface area (Å²) in [4.78, 5) is 0. The van der Waals surface area contributed by atoms with Crippen molar-refractivity contribution in [3.8, 4) is 11.8 Å². The molecule has 0 aliphatic rings. The third-order valence-electron chi connectivity index (χ3n) is 0.453. The Morgan fingerprint density at radius 2 is 2.43 bits per heavy atom. The van der Waals surface area contributed by atoms with Crippen LogP contribution in [-0.2, 0) is 0 Å². The van der Waals surface area contributed by atoms with Crippen molar-refractivity contribution in [2.45, 2.75) is 13.8 Å². The molecule has 0 fully saturated rings. The SMILES string of the molecule is CC#C[CH]SCC. The summed E-state index contributed by atoms with van der Waals surface area (Å²) < 4.78 is 0. The highest BCUT2D eigenvalue weighted by atomic mass is 32.2. The van der Waals surface area contributed by atoms with E-state index in [2.05, 4.69) is 18.8 Å². The summed E-state index contributed by atoms with van der Waals surface area (Å²) >= 11 is 1.73. The fourth-order valence-electron chi connectivity index (χ4n) is 0.184. The first-order valence-electron chi connectivity index (χ1n) is 2.27. The van der Waals surface area contributed by atoms with Crippen molar-refractivity contribution in [2.75, 3.05) is 5.75 Å². The van der Waals surface area contributed by atoms with Crippen LogP contribution in [-0.4, -0.2) is 5.75 Å². The first-order valence-corrected chi connectivity index (χ1v) is 3.32. The zero-order chi connectivity index (χ0) is 5.54.